The predicted octanol–water partition coefficient (Wildman–Crippen LogP) is 0.236. The molecule has 0 aliphatic rings. The Morgan fingerprint density at radius 3 is 2.67 bits per heavy atom. The molecule has 0 N–H and O–H groups in total. The molecule has 0 atom stereocenters. The lowest BCUT2D eigenvalue weighted by Gasteiger charge is -2.01. The van der Waals surface area contributed by atoms with Crippen molar-refractivity contribution in [3.05, 3.63) is 18.0 Å². The molecule has 0 fully saturated rings. The number of hydrogen-bond acceptors (Lipinski definition) is 3. The van der Waals surface area contributed by atoms with E-state index in [1.165, 1.54) is 6.26 Å². The van der Waals surface area contributed by atoms with Crippen LogP contribution in [0.4, 0.5) is 0 Å². The van der Waals surface area contributed by atoms with Crippen LogP contribution in [-0.2, 0) is 16.4 Å². The minimum absolute atomic E-state index is 0.148. The van der Waals surface area contributed by atoms with E-state index in [0.717, 1.165) is 5.69 Å². The summed E-state index contributed by atoms with van der Waals surface area (Å²) < 4.78 is 23.3. The summed E-state index contributed by atoms with van der Waals surface area (Å²) in [7, 11) is -2.88. The molecule has 0 unspecified atom stereocenters. The minimum Gasteiger partial charge on any atom is -0.269 e. The van der Waals surface area contributed by atoms with Gasteiger partial charge in [-0.15, -0.1) is 0 Å². The lowest BCUT2D eigenvalue weighted by Crippen LogP contribution is -2.12. The first-order valence-electron chi connectivity index (χ1n) is 3.65. The van der Waals surface area contributed by atoms with Crippen LogP contribution >= 0.6 is 0 Å². The fourth-order valence-electron chi connectivity index (χ4n) is 0.885. The van der Waals surface area contributed by atoms with Gasteiger partial charge in [0, 0.05) is 18.1 Å². The Labute approximate surface area is 72.1 Å². The van der Waals surface area contributed by atoms with E-state index in [4.69, 9.17) is 0 Å². The van der Waals surface area contributed by atoms with Crippen LogP contribution in [0.3, 0.4) is 0 Å². The zero-order chi connectivity index (χ0) is 9.19. The van der Waals surface area contributed by atoms with Gasteiger partial charge in [-0.1, -0.05) is 0 Å². The molecule has 0 amide bonds. The number of aromatic nitrogens is 2. The molecule has 12 heavy (non-hydrogen) atoms. The number of rotatable bonds is 3. The van der Waals surface area contributed by atoms with Crippen LogP contribution in [0, 0.1) is 6.92 Å². The number of aryl methyl sites for hydroxylation is 2. The number of hydrogen-bond donors (Lipinski definition) is 0. The summed E-state index contributed by atoms with van der Waals surface area (Å²) in [6.07, 6.45) is 2.89. The molecule has 0 spiro atoms. The van der Waals surface area contributed by atoms with Crippen molar-refractivity contribution in [2.75, 3.05) is 12.0 Å². The third kappa shape index (κ3) is 2.65. The van der Waals surface area contributed by atoms with Crippen LogP contribution in [-0.4, -0.2) is 30.2 Å². The normalized spacial score (nSPS) is 11.8. The SMILES string of the molecule is Cc1ccnn1CCS(C)(=O)=O. The first kappa shape index (κ1) is 9.25. The van der Waals surface area contributed by atoms with E-state index in [2.05, 4.69) is 5.10 Å². The van der Waals surface area contributed by atoms with Crippen molar-refractivity contribution < 1.29 is 8.42 Å². The minimum atomic E-state index is -2.88. The average Bonchev–Trinajstić information content (AvgIpc) is 2.29. The molecular weight excluding hydrogens is 176 g/mol. The quantitative estimate of drug-likeness (QED) is 0.682. The zero-order valence-electron chi connectivity index (χ0n) is 7.19. The molecule has 5 heteroatoms. The van der Waals surface area contributed by atoms with Gasteiger partial charge in [0.15, 0.2) is 0 Å². The largest absolute Gasteiger partial charge is 0.269 e. The van der Waals surface area contributed by atoms with Crippen LogP contribution in [0.15, 0.2) is 12.3 Å². The summed E-state index contributed by atoms with van der Waals surface area (Å²) in [6, 6.07) is 1.85. The van der Waals surface area contributed by atoms with Crippen LogP contribution in [0.1, 0.15) is 5.69 Å². The van der Waals surface area contributed by atoms with Crippen LogP contribution < -0.4 is 0 Å². The third-order valence-electron chi connectivity index (χ3n) is 1.60. The smallest absolute Gasteiger partial charge is 0.149 e. The molecule has 68 valence electrons. The van der Waals surface area contributed by atoms with Crippen LogP contribution in [0.2, 0.25) is 0 Å². The van der Waals surface area contributed by atoms with E-state index < -0.39 is 9.84 Å². The third-order valence-corrected chi connectivity index (χ3v) is 2.53. The first-order valence-corrected chi connectivity index (χ1v) is 5.71. The molecule has 1 heterocycles. The fraction of sp³-hybridized carbons (Fsp3) is 0.571. The monoisotopic (exact) mass is 188 g/mol. The molecule has 0 aliphatic heterocycles. The molecule has 1 rings (SSSR count). The standard InChI is InChI=1S/C7H12N2O2S/c1-7-3-4-8-9(7)5-6-12(2,10)11/h3-4H,5-6H2,1-2H3. The second kappa shape index (κ2) is 3.26. The van der Waals surface area contributed by atoms with Crippen molar-refractivity contribution in [2.24, 2.45) is 0 Å². The fourth-order valence-corrected chi connectivity index (χ4v) is 1.39. The van der Waals surface area contributed by atoms with Crippen molar-refractivity contribution >= 4 is 9.84 Å². The highest BCUT2D eigenvalue weighted by Gasteiger charge is 2.03. The molecular formula is C7H12N2O2S. The van der Waals surface area contributed by atoms with Crippen LogP contribution in [0.25, 0.3) is 0 Å². The molecule has 4 nitrogen and oxygen atoms in total. The predicted molar refractivity (Wildman–Crippen MR) is 46.7 cm³/mol. The van der Waals surface area contributed by atoms with Crippen molar-refractivity contribution in [3.8, 4) is 0 Å². The summed E-state index contributed by atoms with van der Waals surface area (Å²) in [5, 5.41) is 3.97. The van der Waals surface area contributed by atoms with E-state index in [1.807, 2.05) is 13.0 Å². The van der Waals surface area contributed by atoms with E-state index >= 15 is 0 Å². The highest BCUT2D eigenvalue weighted by molar-refractivity contribution is 7.90. The molecule has 1 aromatic rings. The Morgan fingerprint density at radius 2 is 2.25 bits per heavy atom. The van der Waals surface area contributed by atoms with Gasteiger partial charge in [0.25, 0.3) is 0 Å². The maximum absolute atomic E-state index is 10.8. The summed E-state index contributed by atoms with van der Waals surface area (Å²) in [6.45, 7) is 2.34. The second-order valence-corrected chi connectivity index (χ2v) is 5.09. The molecule has 1 aromatic heterocycles. The molecule has 0 saturated carbocycles. The maximum Gasteiger partial charge on any atom is 0.149 e. The van der Waals surface area contributed by atoms with E-state index in [0.29, 0.717) is 6.54 Å². The van der Waals surface area contributed by atoms with Gasteiger partial charge >= 0.3 is 0 Å². The first-order chi connectivity index (χ1) is 5.49. The van der Waals surface area contributed by atoms with Crippen molar-refractivity contribution in [3.63, 3.8) is 0 Å². The van der Waals surface area contributed by atoms with Gasteiger partial charge in [-0.2, -0.15) is 5.10 Å². The van der Waals surface area contributed by atoms with Gasteiger partial charge in [-0.05, 0) is 13.0 Å². The van der Waals surface area contributed by atoms with Gasteiger partial charge in [0.1, 0.15) is 9.84 Å². The Bertz CT molecular complexity index is 353. The summed E-state index contributed by atoms with van der Waals surface area (Å²) in [5.74, 6) is 0.148. The Kier molecular flexibility index (Phi) is 2.52. The second-order valence-electron chi connectivity index (χ2n) is 2.83. The Morgan fingerprint density at radius 1 is 1.58 bits per heavy atom. The van der Waals surface area contributed by atoms with Gasteiger partial charge in [0.2, 0.25) is 0 Å². The highest BCUT2D eigenvalue weighted by Crippen LogP contribution is 1.96. The number of nitrogens with zero attached hydrogens (tertiary/aromatic N) is 2. The summed E-state index contributed by atoms with van der Waals surface area (Å²) in [4.78, 5) is 0. The van der Waals surface area contributed by atoms with E-state index in [9.17, 15) is 8.42 Å². The molecule has 0 bridgehead atoms. The van der Waals surface area contributed by atoms with Crippen molar-refractivity contribution in [1.82, 2.24) is 9.78 Å². The average molecular weight is 188 g/mol. The van der Waals surface area contributed by atoms with E-state index in [-0.39, 0.29) is 5.75 Å². The summed E-state index contributed by atoms with van der Waals surface area (Å²) >= 11 is 0. The highest BCUT2D eigenvalue weighted by atomic mass is 32.2. The zero-order valence-corrected chi connectivity index (χ0v) is 8.00. The lowest BCUT2D eigenvalue weighted by atomic mass is 10.5. The van der Waals surface area contributed by atoms with Crippen molar-refractivity contribution in [1.29, 1.82) is 0 Å². The van der Waals surface area contributed by atoms with Gasteiger partial charge in [0.05, 0.1) is 12.3 Å². The van der Waals surface area contributed by atoms with Gasteiger partial charge < -0.3 is 0 Å². The van der Waals surface area contributed by atoms with Gasteiger partial charge in [-0.25, -0.2) is 8.42 Å². The lowest BCUT2D eigenvalue weighted by molar-refractivity contribution is 0.582. The van der Waals surface area contributed by atoms with Gasteiger partial charge in [-0.3, -0.25) is 4.68 Å². The van der Waals surface area contributed by atoms with Crippen molar-refractivity contribution in [2.45, 2.75) is 13.5 Å². The molecule has 0 aromatic carbocycles. The topological polar surface area (TPSA) is 52.0 Å². The molecule has 0 aliphatic carbocycles. The Balaban J connectivity index is 2.61. The Hall–Kier alpha value is -0.840. The molecule has 0 saturated heterocycles. The van der Waals surface area contributed by atoms with E-state index in [1.54, 1.807) is 10.9 Å². The maximum atomic E-state index is 10.8. The summed E-state index contributed by atoms with van der Waals surface area (Å²) in [5.41, 5.74) is 0.985. The molecule has 0 radical (unpaired) electrons. The van der Waals surface area contributed by atoms with Crippen LogP contribution in [0.5, 0.6) is 0 Å². The number of sulfone groups is 1.